The Bertz CT molecular complexity index is 883. The summed E-state index contributed by atoms with van der Waals surface area (Å²) in [6.45, 7) is 4.20. The molecule has 0 bridgehead atoms. The van der Waals surface area contributed by atoms with E-state index in [0.29, 0.717) is 12.0 Å². The van der Waals surface area contributed by atoms with Gasteiger partial charge in [-0.05, 0) is 93.4 Å². The zero-order chi connectivity index (χ0) is 22.3. The lowest BCUT2D eigenvalue weighted by Gasteiger charge is -2.23. The second-order valence-electron chi connectivity index (χ2n) is 9.10. The summed E-state index contributed by atoms with van der Waals surface area (Å²) in [6, 6.07) is 17.4. The van der Waals surface area contributed by atoms with Gasteiger partial charge in [0.05, 0.1) is 0 Å². The fourth-order valence-corrected chi connectivity index (χ4v) is 5.08. The molecule has 0 radical (unpaired) electrons. The number of hydrogen-bond donors (Lipinski definition) is 3. The molecule has 2 aromatic rings. The monoisotopic (exact) mass is 455 g/mol. The minimum atomic E-state index is -0.0421. The maximum Gasteiger partial charge on any atom is 0.258 e. The molecule has 0 aromatic heterocycles. The van der Waals surface area contributed by atoms with Crippen molar-refractivity contribution in [3.63, 3.8) is 0 Å². The molecular formula is C26H34ClN3O2. The Kier molecular flexibility index (Phi) is 8.06. The highest BCUT2D eigenvalue weighted by atomic mass is 35.5. The third kappa shape index (κ3) is 6.47. The van der Waals surface area contributed by atoms with Crippen LogP contribution in [0.2, 0.25) is 5.02 Å². The number of halogens is 1. The molecule has 6 heteroatoms. The highest BCUT2D eigenvalue weighted by Crippen LogP contribution is 2.36. The van der Waals surface area contributed by atoms with Gasteiger partial charge in [-0.3, -0.25) is 4.79 Å². The second kappa shape index (κ2) is 11.2. The molecule has 3 atom stereocenters. The Morgan fingerprint density at radius 3 is 2.62 bits per heavy atom. The van der Waals surface area contributed by atoms with Gasteiger partial charge in [0, 0.05) is 23.1 Å². The largest absolute Gasteiger partial charge is 0.484 e. The Morgan fingerprint density at radius 2 is 1.88 bits per heavy atom. The number of piperidine rings is 1. The number of rotatable bonds is 8. The Balaban J connectivity index is 1.22. The lowest BCUT2D eigenvalue weighted by atomic mass is 9.97. The van der Waals surface area contributed by atoms with E-state index < -0.39 is 0 Å². The highest BCUT2D eigenvalue weighted by molar-refractivity contribution is 6.30. The van der Waals surface area contributed by atoms with Crippen molar-refractivity contribution in [3.8, 4) is 5.75 Å². The lowest BCUT2D eigenvalue weighted by Crippen LogP contribution is -2.44. The van der Waals surface area contributed by atoms with Crippen LogP contribution in [0.3, 0.4) is 0 Å². The van der Waals surface area contributed by atoms with Crippen LogP contribution >= 0.6 is 11.6 Å². The summed E-state index contributed by atoms with van der Waals surface area (Å²) in [5.41, 5.74) is 2.57. The predicted octanol–water partition coefficient (Wildman–Crippen LogP) is 4.57. The van der Waals surface area contributed by atoms with Crippen molar-refractivity contribution in [2.45, 2.75) is 63.1 Å². The van der Waals surface area contributed by atoms with Crippen LogP contribution in [0.25, 0.3) is 0 Å². The number of nitrogens with one attached hydrogen (secondary N) is 3. The molecule has 32 heavy (non-hydrogen) atoms. The fourth-order valence-electron chi connectivity index (χ4n) is 4.88. The second-order valence-corrected chi connectivity index (χ2v) is 9.54. The van der Waals surface area contributed by atoms with Crippen molar-refractivity contribution in [3.05, 3.63) is 64.7 Å². The smallest absolute Gasteiger partial charge is 0.258 e. The van der Waals surface area contributed by atoms with E-state index in [4.69, 9.17) is 16.3 Å². The van der Waals surface area contributed by atoms with Crippen LogP contribution < -0.4 is 20.7 Å². The van der Waals surface area contributed by atoms with Crippen molar-refractivity contribution in [1.82, 2.24) is 16.0 Å². The van der Waals surface area contributed by atoms with E-state index in [-0.39, 0.29) is 24.6 Å². The molecule has 5 nitrogen and oxygen atoms in total. The van der Waals surface area contributed by atoms with Crippen molar-refractivity contribution < 1.29 is 9.53 Å². The van der Waals surface area contributed by atoms with Gasteiger partial charge in [-0.1, -0.05) is 35.9 Å². The normalized spacial score (nSPS) is 22.4. The van der Waals surface area contributed by atoms with Crippen LogP contribution in [0, 0.1) is 0 Å². The fraction of sp³-hybridized carbons (Fsp3) is 0.500. The first-order chi connectivity index (χ1) is 15.6. The molecule has 1 aliphatic carbocycles. The van der Waals surface area contributed by atoms with E-state index in [0.717, 1.165) is 43.1 Å². The molecule has 2 aromatic carbocycles. The van der Waals surface area contributed by atoms with Crippen LogP contribution in [0.5, 0.6) is 5.75 Å². The van der Waals surface area contributed by atoms with E-state index in [9.17, 15) is 4.79 Å². The zero-order valence-corrected chi connectivity index (χ0v) is 19.5. The van der Waals surface area contributed by atoms with Gasteiger partial charge in [0.25, 0.3) is 5.91 Å². The standard InChI is InChI=1S/C26H34ClN3O2/c1-18(20-3-2-4-22(27)15-20)29-24-8-5-21(16-24)19-6-9-25(10-7-19)32-17-26(31)30-23-11-13-28-14-12-23/h2-4,6-7,9-10,15,18,21,23-24,28-29H,5,8,11-14,16-17H2,1H3,(H,30,31)/t18-,21-,24+/m1/s1. The Morgan fingerprint density at radius 1 is 1.09 bits per heavy atom. The molecule has 3 N–H and O–H groups in total. The van der Waals surface area contributed by atoms with E-state index in [1.807, 2.05) is 30.3 Å². The summed E-state index contributed by atoms with van der Waals surface area (Å²) in [6.07, 6.45) is 5.44. The third-order valence-corrected chi connectivity index (χ3v) is 6.93. The molecule has 1 saturated heterocycles. The zero-order valence-electron chi connectivity index (χ0n) is 18.8. The number of hydrogen-bond acceptors (Lipinski definition) is 4. The molecule has 4 rings (SSSR count). The van der Waals surface area contributed by atoms with Gasteiger partial charge in [-0.25, -0.2) is 0 Å². The maximum atomic E-state index is 12.1. The Hall–Kier alpha value is -2.08. The molecule has 1 heterocycles. The number of carbonyl (C=O) groups is 1. The van der Waals surface area contributed by atoms with E-state index >= 15 is 0 Å². The summed E-state index contributed by atoms with van der Waals surface area (Å²) in [5.74, 6) is 1.26. The summed E-state index contributed by atoms with van der Waals surface area (Å²) >= 11 is 6.14. The van der Waals surface area contributed by atoms with Gasteiger partial charge in [0.1, 0.15) is 5.75 Å². The van der Waals surface area contributed by atoms with E-state index in [2.05, 4.69) is 41.1 Å². The van der Waals surface area contributed by atoms with Gasteiger partial charge < -0.3 is 20.7 Å². The quantitative estimate of drug-likeness (QED) is 0.545. The summed E-state index contributed by atoms with van der Waals surface area (Å²) in [7, 11) is 0. The van der Waals surface area contributed by atoms with Crippen molar-refractivity contribution in [2.24, 2.45) is 0 Å². The topological polar surface area (TPSA) is 62.4 Å². The van der Waals surface area contributed by atoms with Gasteiger partial charge >= 0.3 is 0 Å². The molecule has 2 aliphatic rings. The van der Waals surface area contributed by atoms with E-state index in [1.54, 1.807) is 0 Å². The summed E-state index contributed by atoms with van der Waals surface area (Å²) in [4.78, 5) is 12.1. The number of carbonyl (C=O) groups excluding carboxylic acids is 1. The highest BCUT2D eigenvalue weighted by Gasteiger charge is 2.27. The number of amides is 1. The minimum Gasteiger partial charge on any atom is -0.484 e. The van der Waals surface area contributed by atoms with E-state index in [1.165, 1.54) is 24.0 Å². The third-order valence-electron chi connectivity index (χ3n) is 6.69. The average Bonchev–Trinajstić information content (AvgIpc) is 3.27. The molecule has 1 aliphatic heterocycles. The van der Waals surface area contributed by atoms with Crippen molar-refractivity contribution >= 4 is 17.5 Å². The minimum absolute atomic E-state index is 0.0421. The predicted molar refractivity (Wildman–Crippen MR) is 129 cm³/mol. The molecule has 0 spiro atoms. The van der Waals surface area contributed by atoms with Gasteiger partial charge in [-0.15, -0.1) is 0 Å². The van der Waals surface area contributed by atoms with Gasteiger partial charge in [0.2, 0.25) is 0 Å². The van der Waals surface area contributed by atoms with Crippen LogP contribution in [-0.4, -0.2) is 37.7 Å². The lowest BCUT2D eigenvalue weighted by molar-refractivity contribution is -0.123. The van der Waals surface area contributed by atoms with Gasteiger partial charge in [0.15, 0.2) is 6.61 Å². The molecule has 172 valence electrons. The maximum absolute atomic E-state index is 12.1. The first kappa shape index (κ1) is 23.1. The van der Waals surface area contributed by atoms with Crippen LogP contribution in [0.15, 0.2) is 48.5 Å². The number of benzene rings is 2. The number of ether oxygens (including phenoxy) is 1. The SMILES string of the molecule is C[C@@H](N[C@H]1CC[C@@H](c2ccc(OCC(=O)NC3CCNCC3)cc2)C1)c1cccc(Cl)c1. The molecule has 1 amide bonds. The molecule has 0 unspecified atom stereocenters. The molecule has 1 saturated carbocycles. The van der Waals surface area contributed by atoms with Crippen molar-refractivity contribution in [2.75, 3.05) is 19.7 Å². The average molecular weight is 456 g/mol. The Labute approximate surface area is 196 Å². The van der Waals surface area contributed by atoms with Gasteiger partial charge in [-0.2, -0.15) is 0 Å². The van der Waals surface area contributed by atoms with Crippen LogP contribution in [0.1, 0.15) is 62.1 Å². The molecular weight excluding hydrogens is 422 g/mol. The van der Waals surface area contributed by atoms with Crippen LogP contribution in [-0.2, 0) is 4.79 Å². The first-order valence-electron chi connectivity index (χ1n) is 11.8. The van der Waals surface area contributed by atoms with Crippen LogP contribution in [0.4, 0.5) is 0 Å². The van der Waals surface area contributed by atoms with Crippen molar-refractivity contribution in [1.29, 1.82) is 0 Å². The summed E-state index contributed by atoms with van der Waals surface area (Å²) < 4.78 is 5.71. The first-order valence-corrected chi connectivity index (χ1v) is 12.2. The molecule has 2 fully saturated rings. The summed E-state index contributed by atoms with van der Waals surface area (Å²) in [5, 5.41) is 10.9.